The zero-order valence-electron chi connectivity index (χ0n) is 16.3. The lowest BCUT2D eigenvalue weighted by atomic mass is 10.2. The number of aromatic nitrogens is 4. The molecule has 1 aromatic carbocycles. The van der Waals surface area contributed by atoms with Gasteiger partial charge < -0.3 is 14.5 Å². The van der Waals surface area contributed by atoms with Crippen molar-refractivity contribution in [3.8, 4) is 0 Å². The second kappa shape index (κ2) is 8.36. The van der Waals surface area contributed by atoms with E-state index >= 15 is 0 Å². The fourth-order valence-electron chi connectivity index (χ4n) is 3.12. The van der Waals surface area contributed by atoms with Gasteiger partial charge in [-0.25, -0.2) is 13.4 Å². The highest BCUT2D eigenvalue weighted by Crippen LogP contribution is 2.14. The molecule has 0 saturated carbocycles. The van der Waals surface area contributed by atoms with Gasteiger partial charge in [-0.15, -0.1) is 5.10 Å². The molecule has 0 radical (unpaired) electrons. The molecule has 3 aromatic rings. The Hall–Kier alpha value is -3.05. The monoisotopic (exact) mass is 431 g/mol. The van der Waals surface area contributed by atoms with Gasteiger partial charge in [-0.2, -0.15) is 0 Å². The number of rotatable bonds is 6. The van der Waals surface area contributed by atoms with E-state index in [2.05, 4.69) is 15.3 Å². The van der Waals surface area contributed by atoms with Crippen LogP contribution in [0.4, 0.5) is 0 Å². The molecule has 0 spiro atoms. The maximum Gasteiger partial charge on any atom is 0.238 e. The molecule has 10 nitrogen and oxygen atoms in total. The maximum atomic E-state index is 12.6. The third-order valence-corrected chi connectivity index (χ3v) is 6.37. The van der Waals surface area contributed by atoms with Crippen molar-refractivity contribution in [2.24, 2.45) is 0 Å². The highest BCUT2D eigenvalue weighted by atomic mass is 32.2. The number of amides is 1. The molecule has 0 bridgehead atoms. The van der Waals surface area contributed by atoms with Crippen LogP contribution < -0.4 is 4.84 Å². The number of ether oxygens (including phenoxy) is 1. The number of fused-ring (bicyclic) bond motifs is 1. The van der Waals surface area contributed by atoms with Crippen molar-refractivity contribution in [3.05, 3.63) is 48.2 Å². The van der Waals surface area contributed by atoms with Gasteiger partial charge >= 0.3 is 0 Å². The molecule has 3 heterocycles. The van der Waals surface area contributed by atoms with Crippen molar-refractivity contribution in [1.82, 2.24) is 25.0 Å². The number of aryl methyl sites for hydroxylation is 1. The SMILES string of the molecule is Cc1ccc(S(=O)(=O)CC(=O)N2CCOC(COn3nnc4cccnc43)C2)cc1. The Labute approximate surface area is 173 Å². The second-order valence-corrected chi connectivity index (χ2v) is 9.00. The molecule has 1 unspecified atom stereocenters. The van der Waals surface area contributed by atoms with Gasteiger partial charge in [0.1, 0.15) is 24.0 Å². The van der Waals surface area contributed by atoms with Gasteiger partial charge in [-0.05, 0) is 36.4 Å². The summed E-state index contributed by atoms with van der Waals surface area (Å²) in [5.41, 5.74) is 2.03. The summed E-state index contributed by atoms with van der Waals surface area (Å²) in [7, 11) is -3.71. The average molecular weight is 431 g/mol. The first-order valence-electron chi connectivity index (χ1n) is 9.41. The largest absolute Gasteiger partial charge is 0.391 e. The topological polar surface area (TPSA) is 117 Å². The zero-order chi connectivity index (χ0) is 21.1. The molecular weight excluding hydrogens is 410 g/mol. The number of morpholine rings is 1. The number of sulfone groups is 1. The lowest BCUT2D eigenvalue weighted by Crippen LogP contribution is -2.49. The van der Waals surface area contributed by atoms with Crippen LogP contribution in [0, 0.1) is 6.92 Å². The quantitative estimate of drug-likeness (QED) is 0.546. The zero-order valence-corrected chi connectivity index (χ0v) is 17.2. The molecule has 1 aliphatic heterocycles. The highest BCUT2D eigenvalue weighted by Gasteiger charge is 2.29. The summed E-state index contributed by atoms with van der Waals surface area (Å²) in [6.07, 6.45) is 1.19. The van der Waals surface area contributed by atoms with Crippen molar-refractivity contribution in [2.75, 3.05) is 32.1 Å². The van der Waals surface area contributed by atoms with Crippen molar-refractivity contribution in [1.29, 1.82) is 0 Å². The van der Waals surface area contributed by atoms with E-state index in [1.165, 1.54) is 21.9 Å². The molecular formula is C19H21N5O5S. The van der Waals surface area contributed by atoms with Crippen LogP contribution in [0.5, 0.6) is 0 Å². The van der Waals surface area contributed by atoms with Gasteiger partial charge in [0.25, 0.3) is 0 Å². The van der Waals surface area contributed by atoms with Gasteiger partial charge in [0.2, 0.25) is 11.6 Å². The van der Waals surface area contributed by atoms with Gasteiger partial charge in [0.15, 0.2) is 9.84 Å². The number of pyridine rings is 1. The molecule has 1 fully saturated rings. The predicted octanol–water partition coefficient (Wildman–Crippen LogP) is 0.265. The maximum absolute atomic E-state index is 12.6. The van der Waals surface area contributed by atoms with E-state index in [9.17, 15) is 13.2 Å². The molecule has 1 amide bonds. The van der Waals surface area contributed by atoms with E-state index in [1.807, 2.05) is 6.92 Å². The summed E-state index contributed by atoms with van der Waals surface area (Å²) in [4.78, 5) is 25.2. The number of benzene rings is 1. The Morgan fingerprint density at radius 2 is 2.07 bits per heavy atom. The van der Waals surface area contributed by atoms with Crippen molar-refractivity contribution in [2.45, 2.75) is 17.9 Å². The summed E-state index contributed by atoms with van der Waals surface area (Å²) >= 11 is 0. The predicted molar refractivity (Wildman–Crippen MR) is 106 cm³/mol. The molecule has 4 rings (SSSR count). The summed E-state index contributed by atoms with van der Waals surface area (Å²) in [5, 5.41) is 7.84. The Bertz CT molecular complexity index is 1150. The van der Waals surface area contributed by atoms with Crippen LogP contribution in [0.25, 0.3) is 11.2 Å². The highest BCUT2D eigenvalue weighted by molar-refractivity contribution is 7.92. The molecule has 0 N–H and O–H groups in total. The smallest absolute Gasteiger partial charge is 0.238 e. The van der Waals surface area contributed by atoms with E-state index in [0.29, 0.717) is 24.3 Å². The number of carbonyl (C=O) groups excluding carboxylic acids is 1. The molecule has 30 heavy (non-hydrogen) atoms. The lowest BCUT2D eigenvalue weighted by molar-refractivity contribution is -0.139. The van der Waals surface area contributed by atoms with Crippen LogP contribution in [0.15, 0.2) is 47.5 Å². The minimum atomic E-state index is -3.71. The number of carbonyl (C=O) groups is 1. The normalized spacial score (nSPS) is 17.2. The van der Waals surface area contributed by atoms with Crippen LogP contribution in [0.2, 0.25) is 0 Å². The Kier molecular flexibility index (Phi) is 5.64. The van der Waals surface area contributed by atoms with Gasteiger partial charge in [0, 0.05) is 12.7 Å². The van der Waals surface area contributed by atoms with Gasteiger partial charge in [0.05, 0.1) is 18.0 Å². The summed E-state index contributed by atoms with van der Waals surface area (Å²) in [6.45, 7) is 2.83. The van der Waals surface area contributed by atoms with E-state index in [-0.39, 0.29) is 18.0 Å². The molecule has 158 valence electrons. The summed E-state index contributed by atoms with van der Waals surface area (Å²) in [5.74, 6) is -1.04. The van der Waals surface area contributed by atoms with E-state index in [0.717, 1.165) is 5.56 Å². The Morgan fingerprint density at radius 1 is 1.27 bits per heavy atom. The van der Waals surface area contributed by atoms with E-state index < -0.39 is 27.6 Å². The van der Waals surface area contributed by atoms with Crippen LogP contribution in [0.3, 0.4) is 0 Å². The minimum Gasteiger partial charge on any atom is -0.391 e. The fourth-order valence-corrected chi connectivity index (χ4v) is 4.34. The van der Waals surface area contributed by atoms with Gasteiger partial charge in [-0.1, -0.05) is 22.5 Å². The summed E-state index contributed by atoms with van der Waals surface area (Å²) < 4.78 is 30.8. The van der Waals surface area contributed by atoms with Crippen LogP contribution >= 0.6 is 0 Å². The first kappa shape index (κ1) is 20.2. The first-order chi connectivity index (χ1) is 14.4. The van der Waals surface area contributed by atoms with Crippen LogP contribution in [0.1, 0.15) is 5.56 Å². The molecule has 1 aliphatic rings. The Balaban J connectivity index is 1.36. The molecule has 2 aromatic heterocycles. The third-order valence-electron chi connectivity index (χ3n) is 4.75. The number of nitrogens with zero attached hydrogens (tertiary/aromatic N) is 5. The van der Waals surface area contributed by atoms with E-state index in [1.54, 1.807) is 30.5 Å². The number of hydrogen-bond donors (Lipinski definition) is 0. The van der Waals surface area contributed by atoms with Crippen LogP contribution in [-0.2, 0) is 19.4 Å². The van der Waals surface area contributed by atoms with Gasteiger partial charge in [-0.3, -0.25) is 4.79 Å². The second-order valence-electron chi connectivity index (χ2n) is 7.01. The Morgan fingerprint density at radius 3 is 2.87 bits per heavy atom. The number of hydrogen-bond acceptors (Lipinski definition) is 8. The molecule has 1 saturated heterocycles. The van der Waals surface area contributed by atoms with E-state index in [4.69, 9.17) is 9.57 Å². The lowest BCUT2D eigenvalue weighted by Gasteiger charge is -2.32. The third kappa shape index (κ3) is 4.41. The fraction of sp³-hybridized carbons (Fsp3) is 0.368. The van der Waals surface area contributed by atoms with Crippen molar-refractivity contribution < 1.29 is 22.8 Å². The minimum absolute atomic E-state index is 0.115. The first-order valence-corrected chi connectivity index (χ1v) is 11.1. The van der Waals surface area contributed by atoms with Crippen molar-refractivity contribution in [3.63, 3.8) is 0 Å². The van der Waals surface area contributed by atoms with Crippen LogP contribution in [-0.4, -0.2) is 77.5 Å². The summed E-state index contributed by atoms with van der Waals surface area (Å²) in [6, 6.07) is 9.97. The average Bonchev–Trinajstić information content (AvgIpc) is 3.16. The molecule has 11 heteroatoms. The molecule has 1 atom stereocenters. The van der Waals surface area contributed by atoms with Crippen molar-refractivity contribution >= 4 is 26.9 Å². The molecule has 0 aliphatic carbocycles. The standard InChI is InChI=1S/C19H21N5O5S/c1-14-4-6-16(7-5-14)30(26,27)13-18(25)23-9-10-28-15(11-23)12-29-24-19-17(21-22-24)3-2-8-20-19/h2-8,15H,9-13H2,1H3.